The number of carbonyl (C=O) groups is 1. The Morgan fingerprint density at radius 3 is 2.74 bits per heavy atom. The van der Waals surface area contributed by atoms with Gasteiger partial charge in [-0.15, -0.1) is 0 Å². The summed E-state index contributed by atoms with van der Waals surface area (Å²) in [6.07, 6.45) is 0. The molecule has 0 N–H and O–H groups in total. The smallest absolute Gasteiger partial charge is 0.380 e. The Hall–Kier alpha value is -2.01. The third-order valence-corrected chi connectivity index (χ3v) is 3.82. The molecule has 6 heteroatoms. The van der Waals surface area contributed by atoms with Crippen LogP contribution in [0.4, 0.5) is 0 Å². The van der Waals surface area contributed by atoms with Crippen LogP contribution in [0.5, 0.6) is 5.75 Å². The Balaban J connectivity index is 2.00. The highest BCUT2D eigenvalue weighted by Crippen LogP contribution is 2.31. The predicted molar refractivity (Wildman–Crippen MR) is 88.3 cm³/mol. The fraction of sp³-hybridized carbons (Fsp3) is 0.118. The first-order chi connectivity index (χ1) is 11.1. The van der Waals surface area contributed by atoms with Gasteiger partial charge in [-0.3, -0.25) is 0 Å². The van der Waals surface area contributed by atoms with Gasteiger partial charge in [-0.2, -0.15) is 0 Å². The van der Waals surface area contributed by atoms with Crippen molar-refractivity contribution in [2.45, 2.75) is 6.61 Å². The van der Waals surface area contributed by atoms with Crippen LogP contribution in [0.15, 0.2) is 46.9 Å². The van der Waals surface area contributed by atoms with Gasteiger partial charge in [-0.1, -0.05) is 41.4 Å². The molecule has 0 aliphatic carbocycles. The van der Waals surface area contributed by atoms with E-state index in [1.165, 1.54) is 6.07 Å². The molecule has 1 heterocycles. The van der Waals surface area contributed by atoms with E-state index in [9.17, 15) is 4.79 Å². The molecule has 118 valence electrons. The van der Waals surface area contributed by atoms with Crippen LogP contribution >= 0.6 is 23.2 Å². The summed E-state index contributed by atoms with van der Waals surface area (Å²) >= 11 is 11.9. The van der Waals surface area contributed by atoms with Crippen molar-refractivity contribution in [3.63, 3.8) is 0 Å². The van der Waals surface area contributed by atoms with E-state index < -0.39 is 5.97 Å². The zero-order chi connectivity index (χ0) is 16.4. The number of rotatable bonds is 4. The van der Waals surface area contributed by atoms with Crippen molar-refractivity contribution >= 4 is 40.1 Å². The molecule has 0 atom stereocenters. The zero-order valence-corrected chi connectivity index (χ0v) is 13.6. The number of hydrogen-bond donors (Lipinski definition) is 0. The van der Waals surface area contributed by atoms with E-state index in [4.69, 9.17) is 37.1 Å². The largest absolute Gasteiger partial charge is 0.449 e. The van der Waals surface area contributed by atoms with Gasteiger partial charge in [-0.25, -0.2) is 4.79 Å². The second-order valence-electron chi connectivity index (χ2n) is 4.80. The Morgan fingerprint density at radius 2 is 1.96 bits per heavy atom. The van der Waals surface area contributed by atoms with Crippen LogP contribution in [0.3, 0.4) is 0 Å². The molecule has 0 saturated heterocycles. The van der Waals surface area contributed by atoms with Gasteiger partial charge in [-0.05, 0) is 18.2 Å². The van der Waals surface area contributed by atoms with Crippen LogP contribution in [0.2, 0.25) is 10.0 Å². The molecule has 3 rings (SSSR count). The third kappa shape index (κ3) is 3.20. The lowest BCUT2D eigenvalue weighted by atomic mass is 10.1. The molecule has 0 spiro atoms. The molecule has 0 bridgehead atoms. The van der Waals surface area contributed by atoms with E-state index in [0.717, 1.165) is 5.39 Å². The molecule has 4 nitrogen and oxygen atoms in total. The lowest BCUT2D eigenvalue weighted by Crippen LogP contribution is -2.10. The fourth-order valence-electron chi connectivity index (χ4n) is 2.25. The van der Waals surface area contributed by atoms with E-state index in [-0.39, 0.29) is 23.1 Å². The van der Waals surface area contributed by atoms with E-state index in [1.807, 2.05) is 18.2 Å². The molecule has 3 aromatic rings. The maximum Gasteiger partial charge on any atom is 0.380 e. The number of esters is 1. The first-order valence-electron chi connectivity index (χ1n) is 6.76. The number of fused-ring (bicyclic) bond motifs is 1. The lowest BCUT2D eigenvalue weighted by Gasteiger charge is -2.06. The molecule has 0 saturated carbocycles. The van der Waals surface area contributed by atoms with Gasteiger partial charge in [0.2, 0.25) is 5.76 Å². The Kier molecular flexibility index (Phi) is 4.57. The van der Waals surface area contributed by atoms with Crippen molar-refractivity contribution < 1.29 is 18.7 Å². The molecule has 0 unspecified atom stereocenters. The molecular weight excluding hydrogens is 339 g/mol. The fourth-order valence-corrected chi connectivity index (χ4v) is 2.57. The van der Waals surface area contributed by atoms with Crippen molar-refractivity contribution in [2.75, 3.05) is 7.11 Å². The minimum absolute atomic E-state index is 0.0871. The third-order valence-electron chi connectivity index (χ3n) is 3.27. The van der Waals surface area contributed by atoms with Crippen LogP contribution < -0.4 is 4.74 Å². The summed E-state index contributed by atoms with van der Waals surface area (Å²) in [6.45, 7) is 0.227. The average molecular weight is 351 g/mol. The van der Waals surface area contributed by atoms with Crippen LogP contribution in [-0.2, 0) is 11.3 Å². The first-order valence-corrected chi connectivity index (χ1v) is 7.52. The van der Waals surface area contributed by atoms with Gasteiger partial charge in [0.1, 0.15) is 5.58 Å². The summed E-state index contributed by atoms with van der Waals surface area (Å²) in [5.74, 6) is -0.394. The van der Waals surface area contributed by atoms with E-state index in [0.29, 0.717) is 16.2 Å². The Morgan fingerprint density at radius 1 is 1.17 bits per heavy atom. The van der Waals surface area contributed by atoms with Gasteiger partial charge in [0, 0.05) is 29.1 Å². The minimum Gasteiger partial charge on any atom is -0.449 e. The van der Waals surface area contributed by atoms with Crippen LogP contribution in [0.25, 0.3) is 11.0 Å². The van der Waals surface area contributed by atoms with Gasteiger partial charge < -0.3 is 13.9 Å². The SMILES string of the molecule is COCc1c(C(=O)Oc2cc(Cl)ccc2Cl)oc2ccccc12. The monoisotopic (exact) mass is 350 g/mol. The molecule has 0 aliphatic rings. The summed E-state index contributed by atoms with van der Waals surface area (Å²) in [5.41, 5.74) is 1.22. The van der Waals surface area contributed by atoms with E-state index >= 15 is 0 Å². The van der Waals surface area contributed by atoms with Crippen LogP contribution in [0, 0.1) is 0 Å². The minimum atomic E-state index is -0.655. The number of methoxy groups -OCH3 is 1. The standard InChI is InChI=1S/C17H12Cl2O4/c1-21-9-12-11-4-2-3-5-14(11)22-16(12)17(20)23-15-8-10(18)6-7-13(15)19/h2-8H,9H2,1H3. The molecule has 0 aliphatic heterocycles. The van der Waals surface area contributed by atoms with Crippen molar-refractivity contribution in [2.24, 2.45) is 0 Å². The highest BCUT2D eigenvalue weighted by molar-refractivity contribution is 6.34. The Bertz CT molecular complexity index is 870. The van der Waals surface area contributed by atoms with Crippen LogP contribution in [0.1, 0.15) is 16.1 Å². The second-order valence-corrected chi connectivity index (χ2v) is 5.65. The molecule has 23 heavy (non-hydrogen) atoms. The van der Waals surface area contributed by atoms with E-state index in [1.54, 1.807) is 25.3 Å². The van der Waals surface area contributed by atoms with Gasteiger partial charge >= 0.3 is 5.97 Å². The highest BCUT2D eigenvalue weighted by atomic mass is 35.5. The van der Waals surface area contributed by atoms with Crippen molar-refractivity contribution in [1.29, 1.82) is 0 Å². The maximum atomic E-state index is 12.5. The molecule has 0 fully saturated rings. The summed E-state index contributed by atoms with van der Waals surface area (Å²) in [6, 6.07) is 12.0. The molecule has 2 aromatic carbocycles. The maximum absolute atomic E-state index is 12.5. The number of hydrogen-bond acceptors (Lipinski definition) is 4. The average Bonchev–Trinajstić information content (AvgIpc) is 2.90. The summed E-state index contributed by atoms with van der Waals surface area (Å²) in [4.78, 5) is 12.5. The molecule has 0 amide bonds. The van der Waals surface area contributed by atoms with Gasteiger partial charge in [0.25, 0.3) is 0 Å². The highest BCUT2D eigenvalue weighted by Gasteiger charge is 2.23. The van der Waals surface area contributed by atoms with Crippen LogP contribution in [-0.4, -0.2) is 13.1 Å². The number of furan rings is 1. The van der Waals surface area contributed by atoms with Crippen molar-refractivity contribution in [3.05, 3.63) is 63.8 Å². The zero-order valence-electron chi connectivity index (χ0n) is 12.1. The lowest BCUT2D eigenvalue weighted by molar-refractivity contribution is 0.0697. The summed E-state index contributed by atoms with van der Waals surface area (Å²) in [7, 11) is 1.55. The molecule has 0 radical (unpaired) electrons. The number of para-hydroxylation sites is 1. The number of carbonyl (C=O) groups excluding carboxylic acids is 1. The summed E-state index contributed by atoms with van der Waals surface area (Å²) in [5, 5.41) is 1.50. The van der Waals surface area contributed by atoms with Crippen molar-refractivity contribution in [1.82, 2.24) is 0 Å². The van der Waals surface area contributed by atoms with E-state index in [2.05, 4.69) is 0 Å². The number of ether oxygens (including phenoxy) is 2. The molecule has 1 aromatic heterocycles. The topological polar surface area (TPSA) is 48.7 Å². The predicted octanol–water partition coefficient (Wildman–Crippen LogP) is 5.11. The quantitative estimate of drug-likeness (QED) is 0.484. The van der Waals surface area contributed by atoms with Gasteiger partial charge in [0.05, 0.1) is 11.6 Å². The van der Waals surface area contributed by atoms with Gasteiger partial charge in [0.15, 0.2) is 5.75 Å². The number of halogens is 2. The van der Waals surface area contributed by atoms with Crippen molar-refractivity contribution in [3.8, 4) is 5.75 Å². The first kappa shape index (κ1) is 15.9. The normalized spacial score (nSPS) is 10.9. The second kappa shape index (κ2) is 6.62. The summed E-state index contributed by atoms with van der Waals surface area (Å²) < 4.78 is 16.1. The number of benzene rings is 2. The molecular formula is C17H12Cl2O4. The Labute approximate surface area is 142 Å².